The number of likely N-dealkylation sites (N-methyl/N-ethyl adjacent to an activating group) is 2. The van der Waals surface area contributed by atoms with Gasteiger partial charge in [-0.1, -0.05) is 20.8 Å². The van der Waals surface area contributed by atoms with Gasteiger partial charge in [-0.05, 0) is 38.6 Å². The first kappa shape index (κ1) is 20.9. The van der Waals surface area contributed by atoms with Crippen LogP contribution in [0, 0.1) is 5.92 Å². The zero-order valence-corrected chi connectivity index (χ0v) is 16.0. The predicted molar refractivity (Wildman–Crippen MR) is 96.0 cm³/mol. The highest BCUT2D eigenvalue weighted by atomic mass is 16.4. The number of amides is 1. The Bertz CT molecular complexity index is 406. The molecule has 6 heteroatoms. The van der Waals surface area contributed by atoms with Crippen LogP contribution in [0.4, 0.5) is 0 Å². The second-order valence-corrected chi connectivity index (χ2v) is 7.45. The summed E-state index contributed by atoms with van der Waals surface area (Å²) < 4.78 is 0. The van der Waals surface area contributed by atoms with Crippen molar-refractivity contribution in [2.45, 2.75) is 59.0 Å². The number of aliphatic carboxylic acids is 1. The van der Waals surface area contributed by atoms with E-state index in [1.807, 2.05) is 23.8 Å². The summed E-state index contributed by atoms with van der Waals surface area (Å²) >= 11 is 0. The molecule has 0 aromatic heterocycles. The molecule has 1 amide bonds. The molecule has 0 aromatic carbocycles. The molecule has 1 unspecified atom stereocenters. The summed E-state index contributed by atoms with van der Waals surface area (Å²) in [7, 11) is 1.90. The van der Waals surface area contributed by atoms with Crippen LogP contribution in [0.1, 0.15) is 47.0 Å². The maximum absolute atomic E-state index is 12.4. The molecule has 1 fully saturated rings. The van der Waals surface area contributed by atoms with E-state index in [4.69, 9.17) is 5.11 Å². The molecule has 0 saturated carbocycles. The SMILES string of the molecule is CCN(CC(=O)O)C1CCN(CC(=O)N(C)C(C)CC(C)C)CC1. The largest absolute Gasteiger partial charge is 0.480 e. The Morgan fingerprint density at radius 3 is 2.25 bits per heavy atom. The molecule has 0 bridgehead atoms. The van der Waals surface area contributed by atoms with Crippen molar-refractivity contribution in [2.24, 2.45) is 5.92 Å². The fourth-order valence-corrected chi connectivity index (χ4v) is 3.50. The number of piperidine rings is 1. The van der Waals surface area contributed by atoms with E-state index in [0.717, 1.165) is 38.9 Å². The second kappa shape index (κ2) is 9.99. The summed E-state index contributed by atoms with van der Waals surface area (Å²) in [5.74, 6) is -0.00466. The topological polar surface area (TPSA) is 64.1 Å². The van der Waals surface area contributed by atoms with E-state index in [2.05, 4.69) is 25.7 Å². The van der Waals surface area contributed by atoms with E-state index >= 15 is 0 Å². The lowest BCUT2D eigenvalue weighted by Gasteiger charge is -2.38. The van der Waals surface area contributed by atoms with Crippen molar-refractivity contribution in [1.82, 2.24) is 14.7 Å². The third-order valence-electron chi connectivity index (χ3n) is 5.04. The molecule has 1 rings (SSSR count). The first-order valence-corrected chi connectivity index (χ1v) is 9.18. The van der Waals surface area contributed by atoms with Crippen LogP contribution in [-0.4, -0.2) is 83.5 Å². The number of hydrogen-bond donors (Lipinski definition) is 1. The van der Waals surface area contributed by atoms with Crippen molar-refractivity contribution < 1.29 is 14.7 Å². The van der Waals surface area contributed by atoms with Gasteiger partial charge in [0, 0.05) is 32.2 Å². The molecule has 0 aliphatic carbocycles. The summed E-state index contributed by atoms with van der Waals surface area (Å²) in [5.41, 5.74) is 0. The van der Waals surface area contributed by atoms with Crippen molar-refractivity contribution in [3.05, 3.63) is 0 Å². The number of carbonyl (C=O) groups is 2. The summed E-state index contributed by atoms with van der Waals surface area (Å²) in [4.78, 5) is 29.5. The Morgan fingerprint density at radius 1 is 1.21 bits per heavy atom. The molecular formula is C18H35N3O3. The van der Waals surface area contributed by atoms with Crippen molar-refractivity contribution in [3.8, 4) is 0 Å². The Morgan fingerprint density at radius 2 is 1.79 bits per heavy atom. The zero-order valence-electron chi connectivity index (χ0n) is 16.0. The van der Waals surface area contributed by atoms with Crippen LogP contribution in [0.2, 0.25) is 0 Å². The van der Waals surface area contributed by atoms with Gasteiger partial charge in [0.05, 0.1) is 13.1 Å². The molecule has 1 aliphatic rings. The maximum Gasteiger partial charge on any atom is 0.317 e. The third-order valence-corrected chi connectivity index (χ3v) is 5.04. The van der Waals surface area contributed by atoms with Crippen LogP contribution in [0.3, 0.4) is 0 Å². The van der Waals surface area contributed by atoms with Crippen LogP contribution in [0.15, 0.2) is 0 Å². The predicted octanol–water partition coefficient (Wildman–Crippen LogP) is 1.75. The Hall–Kier alpha value is -1.14. The minimum atomic E-state index is -0.768. The number of carboxylic acids is 1. The lowest BCUT2D eigenvalue weighted by atomic mass is 10.0. The van der Waals surface area contributed by atoms with Crippen LogP contribution in [0.5, 0.6) is 0 Å². The smallest absolute Gasteiger partial charge is 0.317 e. The molecule has 1 heterocycles. The lowest BCUT2D eigenvalue weighted by molar-refractivity contribution is -0.139. The molecule has 0 radical (unpaired) electrons. The molecule has 24 heavy (non-hydrogen) atoms. The van der Waals surface area contributed by atoms with E-state index in [9.17, 15) is 9.59 Å². The summed E-state index contributed by atoms with van der Waals surface area (Å²) in [6.45, 7) is 11.5. The number of nitrogens with zero attached hydrogens (tertiary/aromatic N) is 3. The molecule has 1 saturated heterocycles. The first-order chi connectivity index (χ1) is 11.2. The van der Waals surface area contributed by atoms with Gasteiger partial charge in [0.15, 0.2) is 0 Å². The van der Waals surface area contributed by atoms with Gasteiger partial charge in [-0.2, -0.15) is 0 Å². The van der Waals surface area contributed by atoms with Gasteiger partial charge in [-0.25, -0.2) is 0 Å². The van der Waals surface area contributed by atoms with Gasteiger partial charge in [-0.15, -0.1) is 0 Å². The molecule has 1 aliphatic heterocycles. The molecule has 0 spiro atoms. The second-order valence-electron chi connectivity index (χ2n) is 7.45. The minimum absolute atomic E-state index is 0.107. The fraction of sp³-hybridized carbons (Fsp3) is 0.889. The van der Waals surface area contributed by atoms with Crippen LogP contribution >= 0.6 is 0 Å². The van der Waals surface area contributed by atoms with Crippen LogP contribution < -0.4 is 0 Å². The molecule has 1 atom stereocenters. The van der Waals surface area contributed by atoms with Crippen molar-refractivity contribution in [3.63, 3.8) is 0 Å². The summed E-state index contributed by atoms with van der Waals surface area (Å²) in [5, 5.41) is 8.99. The molecular weight excluding hydrogens is 306 g/mol. The number of hydrogen-bond acceptors (Lipinski definition) is 4. The van der Waals surface area contributed by atoms with Crippen LogP contribution in [0.25, 0.3) is 0 Å². The van der Waals surface area contributed by atoms with E-state index in [1.54, 1.807) is 0 Å². The number of likely N-dealkylation sites (tertiary alicyclic amines) is 1. The normalized spacial score (nSPS) is 18.1. The minimum Gasteiger partial charge on any atom is -0.480 e. The zero-order chi connectivity index (χ0) is 18.3. The highest BCUT2D eigenvalue weighted by Crippen LogP contribution is 2.17. The van der Waals surface area contributed by atoms with Gasteiger partial charge in [0.25, 0.3) is 0 Å². The highest BCUT2D eigenvalue weighted by molar-refractivity contribution is 5.78. The molecule has 1 N–H and O–H groups in total. The molecule has 6 nitrogen and oxygen atoms in total. The highest BCUT2D eigenvalue weighted by Gasteiger charge is 2.27. The average Bonchev–Trinajstić information content (AvgIpc) is 2.51. The van der Waals surface area contributed by atoms with Gasteiger partial charge in [0.2, 0.25) is 5.91 Å². The quantitative estimate of drug-likeness (QED) is 0.692. The molecule has 140 valence electrons. The van der Waals surface area contributed by atoms with Crippen molar-refractivity contribution >= 4 is 11.9 Å². The van der Waals surface area contributed by atoms with Gasteiger partial charge in [0.1, 0.15) is 0 Å². The monoisotopic (exact) mass is 341 g/mol. The average molecular weight is 341 g/mol. The summed E-state index contributed by atoms with van der Waals surface area (Å²) in [6.07, 6.45) is 2.88. The summed E-state index contributed by atoms with van der Waals surface area (Å²) in [6, 6.07) is 0.580. The van der Waals surface area contributed by atoms with E-state index in [-0.39, 0.29) is 18.5 Å². The third kappa shape index (κ3) is 6.77. The van der Waals surface area contributed by atoms with Crippen LogP contribution in [-0.2, 0) is 9.59 Å². The standard InChI is InChI=1S/C18H35N3O3/c1-6-21(13-18(23)24)16-7-9-20(10-8-16)12-17(22)19(5)15(4)11-14(2)3/h14-16H,6-13H2,1-5H3,(H,23,24). The van der Waals surface area contributed by atoms with Crippen molar-refractivity contribution in [1.29, 1.82) is 0 Å². The first-order valence-electron chi connectivity index (χ1n) is 9.18. The van der Waals surface area contributed by atoms with Gasteiger partial charge < -0.3 is 10.0 Å². The van der Waals surface area contributed by atoms with Crippen molar-refractivity contribution in [2.75, 3.05) is 39.8 Å². The number of carbonyl (C=O) groups excluding carboxylic acids is 1. The molecule has 0 aromatic rings. The van der Waals surface area contributed by atoms with E-state index in [0.29, 0.717) is 18.5 Å². The van der Waals surface area contributed by atoms with E-state index in [1.165, 1.54) is 0 Å². The van der Waals surface area contributed by atoms with E-state index < -0.39 is 5.97 Å². The number of rotatable bonds is 9. The Labute approximate surface area is 146 Å². The Kier molecular flexibility index (Phi) is 8.70. The van der Waals surface area contributed by atoms with Gasteiger partial charge >= 0.3 is 5.97 Å². The Balaban J connectivity index is 2.42. The lowest BCUT2D eigenvalue weighted by Crippen LogP contribution is -2.49. The number of carboxylic acid groups (broad SMARTS) is 1. The fourth-order valence-electron chi connectivity index (χ4n) is 3.50. The maximum atomic E-state index is 12.4. The van der Waals surface area contributed by atoms with Gasteiger partial charge in [-0.3, -0.25) is 19.4 Å².